The van der Waals surface area contributed by atoms with Crippen molar-refractivity contribution in [1.29, 1.82) is 0 Å². The lowest BCUT2D eigenvalue weighted by Crippen LogP contribution is -2.51. The van der Waals surface area contributed by atoms with Crippen LogP contribution < -0.4 is 0 Å². The highest BCUT2D eigenvalue weighted by Crippen LogP contribution is 2.32. The molecule has 1 unspecified atom stereocenters. The van der Waals surface area contributed by atoms with E-state index < -0.39 is 5.60 Å². The van der Waals surface area contributed by atoms with Crippen LogP contribution in [0, 0.1) is 5.41 Å². The number of hydrogen-bond acceptors (Lipinski definition) is 5. The third-order valence-corrected chi connectivity index (χ3v) is 4.62. The first-order chi connectivity index (χ1) is 12.2. The van der Waals surface area contributed by atoms with Crippen LogP contribution in [0.3, 0.4) is 0 Å². The lowest BCUT2D eigenvalue weighted by atomic mass is 9.87. The number of methoxy groups -OCH3 is 1. The second-order valence-corrected chi connectivity index (χ2v) is 7.93. The maximum atomic E-state index is 12.9. The average Bonchev–Trinajstić information content (AvgIpc) is 2.89. The number of carbonyl (C=O) groups excluding carboxylic acids is 1. The van der Waals surface area contributed by atoms with E-state index in [0.29, 0.717) is 13.1 Å². The van der Waals surface area contributed by atoms with Gasteiger partial charge in [-0.05, 0) is 30.9 Å². The van der Waals surface area contributed by atoms with Crippen LogP contribution in [-0.4, -0.2) is 56.5 Å². The number of carbonyl (C=O) groups is 1. The number of aromatic nitrogens is 3. The van der Waals surface area contributed by atoms with Crippen LogP contribution in [-0.2, 0) is 22.5 Å². The number of aliphatic hydroxyl groups is 1. The van der Waals surface area contributed by atoms with Gasteiger partial charge in [0.1, 0.15) is 0 Å². The first kappa shape index (κ1) is 18.5. The van der Waals surface area contributed by atoms with Gasteiger partial charge in [0, 0.05) is 32.0 Å². The second kappa shape index (κ2) is 6.81. The molecule has 1 aliphatic heterocycles. The molecule has 0 saturated carbocycles. The SMILES string of the molecule is COCC(C)(O)C(=O)N1Cc2cnn(-c3ccccn3)c2CC(C)(C)C1. The van der Waals surface area contributed by atoms with Gasteiger partial charge in [0.05, 0.1) is 18.5 Å². The molecule has 2 aromatic rings. The standard InChI is InChI=1S/C19H26N4O3/c1-18(2)9-15-14(10-21-23(15)16-7-5-6-8-20-16)11-22(12-18)17(24)19(3,25)13-26-4/h5-8,10,25H,9,11-13H2,1-4H3. The number of fused-ring (bicyclic) bond motifs is 1. The molecule has 1 N–H and O–H groups in total. The molecule has 0 radical (unpaired) electrons. The molecule has 1 atom stereocenters. The number of hydrogen-bond donors (Lipinski definition) is 1. The van der Waals surface area contributed by atoms with E-state index in [2.05, 4.69) is 23.9 Å². The molecule has 140 valence electrons. The van der Waals surface area contributed by atoms with Crippen molar-refractivity contribution in [3.8, 4) is 5.82 Å². The fourth-order valence-electron chi connectivity index (χ4n) is 3.52. The summed E-state index contributed by atoms with van der Waals surface area (Å²) in [6.07, 6.45) is 4.29. The van der Waals surface area contributed by atoms with Gasteiger partial charge in [0.2, 0.25) is 0 Å². The van der Waals surface area contributed by atoms with E-state index in [-0.39, 0.29) is 17.9 Å². The molecule has 0 saturated heterocycles. The molecule has 3 rings (SSSR count). The lowest BCUT2D eigenvalue weighted by molar-refractivity contribution is -0.156. The minimum absolute atomic E-state index is 0.0389. The highest BCUT2D eigenvalue weighted by molar-refractivity contribution is 5.84. The summed E-state index contributed by atoms with van der Waals surface area (Å²) in [6.45, 7) is 6.64. The van der Waals surface area contributed by atoms with E-state index >= 15 is 0 Å². The zero-order valence-corrected chi connectivity index (χ0v) is 15.8. The minimum atomic E-state index is -1.55. The highest BCUT2D eigenvalue weighted by atomic mass is 16.5. The first-order valence-electron chi connectivity index (χ1n) is 8.71. The summed E-state index contributed by atoms with van der Waals surface area (Å²) in [4.78, 5) is 19.0. The number of pyridine rings is 1. The van der Waals surface area contributed by atoms with Crippen LogP contribution in [0.5, 0.6) is 0 Å². The highest BCUT2D eigenvalue weighted by Gasteiger charge is 2.39. The summed E-state index contributed by atoms with van der Waals surface area (Å²) in [7, 11) is 1.48. The summed E-state index contributed by atoms with van der Waals surface area (Å²) >= 11 is 0. The molecule has 2 aromatic heterocycles. The largest absolute Gasteiger partial charge is 0.381 e. The number of nitrogens with zero attached hydrogens (tertiary/aromatic N) is 4. The molecule has 7 nitrogen and oxygen atoms in total. The molecule has 1 aliphatic rings. The van der Waals surface area contributed by atoms with Crippen LogP contribution in [0.2, 0.25) is 0 Å². The van der Waals surface area contributed by atoms with E-state index in [0.717, 1.165) is 23.5 Å². The molecule has 1 amide bonds. The number of amides is 1. The predicted octanol–water partition coefficient (Wildman–Crippen LogP) is 1.58. The van der Waals surface area contributed by atoms with Crippen molar-refractivity contribution < 1.29 is 14.6 Å². The third-order valence-electron chi connectivity index (χ3n) is 4.62. The van der Waals surface area contributed by atoms with Gasteiger partial charge in [0.15, 0.2) is 11.4 Å². The third kappa shape index (κ3) is 3.64. The quantitative estimate of drug-likeness (QED) is 0.897. The predicted molar refractivity (Wildman–Crippen MR) is 96.8 cm³/mol. The summed E-state index contributed by atoms with van der Waals surface area (Å²) in [5.41, 5.74) is 0.307. The Balaban J connectivity index is 1.97. The molecule has 26 heavy (non-hydrogen) atoms. The first-order valence-corrected chi connectivity index (χ1v) is 8.71. The van der Waals surface area contributed by atoms with E-state index in [9.17, 15) is 9.90 Å². The van der Waals surface area contributed by atoms with Gasteiger partial charge in [-0.15, -0.1) is 0 Å². The van der Waals surface area contributed by atoms with E-state index in [4.69, 9.17) is 4.74 Å². The maximum absolute atomic E-state index is 12.9. The minimum Gasteiger partial charge on any atom is -0.381 e. The van der Waals surface area contributed by atoms with Crippen molar-refractivity contribution in [2.24, 2.45) is 5.41 Å². The Morgan fingerprint density at radius 3 is 2.85 bits per heavy atom. The topological polar surface area (TPSA) is 80.5 Å². The van der Waals surface area contributed by atoms with E-state index in [1.807, 2.05) is 22.9 Å². The Bertz CT molecular complexity index is 783. The monoisotopic (exact) mass is 358 g/mol. The van der Waals surface area contributed by atoms with Crippen LogP contribution >= 0.6 is 0 Å². The summed E-state index contributed by atoms with van der Waals surface area (Å²) in [5, 5.41) is 15.0. The zero-order chi connectivity index (χ0) is 18.9. The van der Waals surface area contributed by atoms with Crippen LogP contribution in [0.1, 0.15) is 32.0 Å². The van der Waals surface area contributed by atoms with Gasteiger partial charge in [-0.25, -0.2) is 9.67 Å². The smallest absolute Gasteiger partial charge is 0.256 e. The molecule has 0 bridgehead atoms. The van der Waals surface area contributed by atoms with Gasteiger partial charge in [-0.2, -0.15) is 5.10 Å². The van der Waals surface area contributed by atoms with Crippen molar-refractivity contribution in [1.82, 2.24) is 19.7 Å². The van der Waals surface area contributed by atoms with Gasteiger partial charge in [-0.3, -0.25) is 4.79 Å². The summed E-state index contributed by atoms with van der Waals surface area (Å²) < 4.78 is 6.86. The Labute approximate surface area is 153 Å². The molecule has 7 heteroatoms. The maximum Gasteiger partial charge on any atom is 0.256 e. The number of ether oxygens (including phenoxy) is 1. The lowest BCUT2D eigenvalue weighted by Gasteiger charge is -2.34. The summed E-state index contributed by atoms with van der Waals surface area (Å²) in [6, 6.07) is 5.71. The molecule has 0 aromatic carbocycles. The van der Waals surface area contributed by atoms with Gasteiger partial charge < -0.3 is 14.7 Å². The molecular formula is C19H26N4O3. The average molecular weight is 358 g/mol. The van der Waals surface area contributed by atoms with Gasteiger partial charge in [-0.1, -0.05) is 19.9 Å². The van der Waals surface area contributed by atoms with Crippen molar-refractivity contribution in [3.63, 3.8) is 0 Å². The van der Waals surface area contributed by atoms with Crippen molar-refractivity contribution >= 4 is 5.91 Å². The molecule has 3 heterocycles. The van der Waals surface area contributed by atoms with Crippen molar-refractivity contribution in [2.75, 3.05) is 20.3 Å². The van der Waals surface area contributed by atoms with Crippen LogP contribution in [0.25, 0.3) is 5.82 Å². The van der Waals surface area contributed by atoms with E-state index in [1.165, 1.54) is 14.0 Å². The normalized spacial score (nSPS) is 18.7. The molecule has 0 aliphatic carbocycles. The Morgan fingerprint density at radius 1 is 1.42 bits per heavy atom. The van der Waals surface area contributed by atoms with Gasteiger partial charge in [0.25, 0.3) is 5.91 Å². The fraction of sp³-hybridized carbons (Fsp3) is 0.526. The van der Waals surface area contributed by atoms with Crippen LogP contribution in [0.4, 0.5) is 0 Å². The molecule has 0 spiro atoms. The fourth-order valence-corrected chi connectivity index (χ4v) is 3.52. The molecule has 0 fully saturated rings. The number of rotatable bonds is 4. The van der Waals surface area contributed by atoms with E-state index in [1.54, 1.807) is 17.3 Å². The van der Waals surface area contributed by atoms with Gasteiger partial charge >= 0.3 is 0 Å². The second-order valence-electron chi connectivity index (χ2n) is 7.93. The Kier molecular flexibility index (Phi) is 4.86. The zero-order valence-electron chi connectivity index (χ0n) is 15.8. The molecular weight excluding hydrogens is 332 g/mol. The van der Waals surface area contributed by atoms with Crippen molar-refractivity contribution in [3.05, 3.63) is 41.9 Å². The van der Waals surface area contributed by atoms with Crippen molar-refractivity contribution in [2.45, 2.75) is 39.3 Å². The Morgan fingerprint density at radius 2 is 2.19 bits per heavy atom. The summed E-state index contributed by atoms with van der Waals surface area (Å²) in [5.74, 6) is 0.432. The Hall–Kier alpha value is -2.25. The van der Waals surface area contributed by atoms with Crippen LogP contribution in [0.15, 0.2) is 30.6 Å².